The van der Waals surface area contributed by atoms with Crippen molar-refractivity contribution >= 4 is 36.7 Å². The Balaban J connectivity index is 1.84. The first-order chi connectivity index (χ1) is 16.2. The Bertz CT molecular complexity index is 1230. The van der Waals surface area contributed by atoms with Crippen LogP contribution >= 0.6 is 20.8 Å². The van der Waals surface area contributed by atoms with Gasteiger partial charge < -0.3 is 0 Å². The van der Waals surface area contributed by atoms with E-state index >= 15 is 0 Å². The zero-order valence-electron chi connectivity index (χ0n) is 18.4. The number of hydrogen-bond donors (Lipinski definition) is 0. The van der Waals surface area contributed by atoms with Crippen LogP contribution in [0.1, 0.15) is 5.56 Å². The molecule has 0 saturated heterocycles. The van der Waals surface area contributed by atoms with Gasteiger partial charge in [-0.05, 0) is 0 Å². The van der Waals surface area contributed by atoms with Crippen LogP contribution in [0.4, 0.5) is 0 Å². The van der Waals surface area contributed by atoms with Crippen LogP contribution in [0, 0.1) is 0 Å². The fraction of sp³-hybridized carbons (Fsp3) is 0.0323. The van der Waals surface area contributed by atoms with Crippen LogP contribution in [0.2, 0.25) is 0 Å². The van der Waals surface area contributed by atoms with E-state index in [1.807, 2.05) is 0 Å². The maximum absolute atomic E-state index is 4.59. The Morgan fingerprint density at radius 3 is 1.24 bits per heavy atom. The third-order valence-electron chi connectivity index (χ3n) is 6.45. The Morgan fingerprint density at radius 1 is 0.424 bits per heavy atom. The zero-order chi connectivity index (χ0) is 22.6. The quantitative estimate of drug-likeness (QED) is 0.206. The van der Waals surface area contributed by atoms with Crippen LogP contribution in [0.3, 0.4) is 0 Å². The number of halogens is 1. The average molecular weight is 509 g/mol. The van der Waals surface area contributed by atoms with Gasteiger partial charge in [-0.15, -0.1) is 0 Å². The summed E-state index contributed by atoms with van der Waals surface area (Å²) in [5, 5.41) is 0.972. The van der Waals surface area contributed by atoms with Crippen LogP contribution < -0.4 is 15.9 Å². The van der Waals surface area contributed by atoms with Crippen LogP contribution in [0.25, 0.3) is 11.1 Å². The van der Waals surface area contributed by atoms with E-state index in [-0.39, 0.29) is 0 Å². The van der Waals surface area contributed by atoms with Crippen molar-refractivity contribution in [1.82, 2.24) is 0 Å². The fourth-order valence-corrected chi connectivity index (χ4v) is 12.5. The molecule has 0 N–H and O–H groups in total. The summed E-state index contributed by atoms with van der Waals surface area (Å²) in [6.07, 6.45) is 0.884. The second kappa shape index (κ2) is 9.10. The van der Waals surface area contributed by atoms with Gasteiger partial charge in [0.05, 0.1) is 0 Å². The molecule has 0 heterocycles. The first kappa shape index (κ1) is 21.8. The van der Waals surface area contributed by atoms with Crippen molar-refractivity contribution in [3.05, 3.63) is 151 Å². The summed E-state index contributed by atoms with van der Waals surface area (Å²) in [7, 11) is 0. The minimum absolute atomic E-state index is 0.884. The van der Waals surface area contributed by atoms with E-state index < -0.39 is 5.31 Å². The van der Waals surface area contributed by atoms with Gasteiger partial charge in [-0.25, -0.2) is 0 Å². The fourth-order valence-electron chi connectivity index (χ4n) is 4.81. The van der Waals surface area contributed by atoms with Gasteiger partial charge in [-0.2, -0.15) is 0 Å². The Morgan fingerprint density at radius 2 is 0.788 bits per heavy atom. The van der Waals surface area contributed by atoms with Crippen LogP contribution in [0.5, 0.6) is 0 Å². The summed E-state index contributed by atoms with van der Waals surface area (Å²) in [5.41, 5.74) is 3.88. The number of benzene rings is 5. The molecule has 5 aromatic carbocycles. The Kier molecular flexibility index (Phi) is 6.02. The molecule has 2 heteroatoms. The molecular formula is C31H26BrP. The second-order valence-electron chi connectivity index (χ2n) is 8.37. The molecule has 0 aliphatic heterocycles. The summed E-state index contributed by atoms with van der Waals surface area (Å²) in [5.74, 6) is 0. The van der Waals surface area contributed by atoms with Gasteiger partial charge in [0.25, 0.3) is 0 Å². The zero-order valence-corrected chi connectivity index (χ0v) is 20.9. The van der Waals surface area contributed by atoms with Crippen LogP contribution in [-0.2, 0) is 6.16 Å². The predicted molar refractivity (Wildman–Crippen MR) is 150 cm³/mol. The molecule has 0 radical (unpaired) electrons. The molecule has 5 rings (SSSR count). The molecule has 0 aromatic heterocycles. The first-order valence-corrected chi connectivity index (χ1v) is 15.7. The predicted octanol–water partition coefficient (Wildman–Crippen LogP) is 7.69. The molecule has 0 unspecified atom stereocenters. The average Bonchev–Trinajstić information content (AvgIpc) is 2.91. The summed E-state index contributed by atoms with van der Waals surface area (Å²) in [4.78, 5) is 0. The summed E-state index contributed by atoms with van der Waals surface area (Å²) in [6.45, 7) is 0. The van der Waals surface area contributed by atoms with Gasteiger partial charge in [-0.1, -0.05) is 0 Å². The van der Waals surface area contributed by atoms with Gasteiger partial charge >= 0.3 is 205 Å². The second-order valence-corrected chi connectivity index (χ2v) is 17.3. The third-order valence-corrected chi connectivity index (χ3v) is 16.0. The third kappa shape index (κ3) is 3.86. The van der Waals surface area contributed by atoms with Gasteiger partial charge in [0, 0.05) is 0 Å². The van der Waals surface area contributed by atoms with Gasteiger partial charge in [0.1, 0.15) is 0 Å². The standard InChI is InChI=1S/C31H26BrP/c32-33(28-18-7-2-8-19-28,29-20-9-3-10-21-29,30-22-11-4-12-23-30)25-27-17-13-14-24-31(27)26-15-5-1-6-16-26/h1-24H,25H2. The number of hydrogen-bond acceptors (Lipinski definition) is 0. The van der Waals surface area contributed by atoms with E-state index in [0.29, 0.717) is 0 Å². The van der Waals surface area contributed by atoms with Gasteiger partial charge in [-0.3, -0.25) is 0 Å². The van der Waals surface area contributed by atoms with E-state index in [9.17, 15) is 0 Å². The maximum atomic E-state index is 4.59. The van der Waals surface area contributed by atoms with Crippen LogP contribution in [0.15, 0.2) is 146 Å². The Hall–Kier alpha value is -2.99. The Labute approximate surface area is 204 Å². The topological polar surface area (TPSA) is 0 Å². The van der Waals surface area contributed by atoms with E-state index in [1.165, 1.54) is 32.6 Å². The molecule has 0 atom stereocenters. The van der Waals surface area contributed by atoms with Crippen molar-refractivity contribution in [2.24, 2.45) is 0 Å². The van der Waals surface area contributed by atoms with Crippen molar-refractivity contribution in [3.8, 4) is 11.1 Å². The SMILES string of the molecule is BrP(Cc1ccccc1-c1ccccc1)(c1ccccc1)(c1ccccc1)c1ccccc1. The molecule has 0 spiro atoms. The molecular weight excluding hydrogens is 483 g/mol. The number of rotatable bonds is 6. The monoisotopic (exact) mass is 508 g/mol. The normalized spacial score (nSPS) is 12.6. The summed E-state index contributed by atoms with van der Waals surface area (Å²) < 4.78 is 0. The molecule has 162 valence electrons. The van der Waals surface area contributed by atoms with Crippen molar-refractivity contribution in [2.75, 3.05) is 0 Å². The van der Waals surface area contributed by atoms with E-state index in [1.54, 1.807) is 0 Å². The molecule has 0 aliphatic carbocycles. The molecule has 0 nitrogen and oxygen atoms in total. The van der Waals surface area contributed by atoms with Gasteiger partial charge in [0.2, 0.25) is 0 Å². The molecule has 5 aromatic rings. The molecule has 33 heavy (non-hydrogen) atoms. The van der Waals surface area contributed by atoms with Crippen molar-refractivity contribution < 1.29 is 0 Å². The van der Waals surface area contributed by atoms with Crippen molar-refractivity contribution in [1.29, 1.82) is 0 Å². The van der Waals surface area contributed by atoms with Crippen LogP contribution in [-0.4, -0.2) is 0 Å². The van der Waals surface area contributed by atoms with Crippen molar-refractivity contribution in [2.45, 2.75) is 6.16 Å². The van der Waals surface area contributed by atoms with E-state index in [4.69, 9.17) is 0 Å². The minimum atomic E-state index is -3.04. The molecule has 0 amide bonds. The van der Waals surface area contributed by atoms with Crippen molar-refractivity contribution in [3.63, 3.8) is 0 Å². The first-order valence-electron chi connectivity index (χ1n) is 11.2. The summed E-state index contributed by atoms with van der Waals surface area (Å²) in [6, 6.07) is 52.6. The molecule has 0 fully saturated rings. The van der Waals surface area contributed by atoms with E-state index in [0.717, 1.165) is 6.16 Å². The molecule has 0 saturated carbocycles. The van der Waals surface area contributed by atoms with Gasteiger partial charge in [0.15, 0.2) is 0 Å². The van der Waals surface area contributed by atoms with E-state index in [2.05, 4.69) is 161 Å². The molecule has 0 aliphatic rings. The summed E-state index contributed by atoms with van der Waals surface area (Å²) >= 11 is 4.59. The molecule has 0 bridgehead atoms.